The molecule has 54 heavy (non-hydrogen) atoms. The zero-order valence-corrected chi connectivity index (χ0v) is 29.8. The van der Waals surface area contributed by atoms with Crippen molar-refractivity contribution in [3.05, 3.63) is 119 Å². The third-order valence-corrected chi connectivity index (χ3v) is 10.1. The minimum absolute atomic E-state index is 0.139. The van der Waals surface area contributed by atoms with E-state index in [-0.39, 0.29) is 55.4 Å². The van der Waals surface area contributed by atoms with Gasteiger partial charge in [-0.2, -0.15) is 16.8 Å². The Kier molecular flexibility index (Phi) is 9.74. The summed E-state index contributed by atoms with van der Waals surface area (Å²) in [6.45, 7) is 3.35. The molecule has 0 spiro atoms. The molecular weight excluding hydrogens is 741 g/mol. The van der Waals surface area contributed by atoms with Gasteiger partial charge in [-0.3, -0.25) is 18.7 Å². The third kappa shape index (κ3) is 7.79. The van der Waals surface area contributed by atoms with Gasteiger partial charge >= 0.3 is 6.03 Å². The van der Waals surface area contributed by atoms with Crippen molar-refractivity contribution in [1.82, 2.24) is 0 Å². The van der Waals surface area contributed by atoms with E-state index in [2.05, 4.69) is 21.3 Å². The molecule has 0 fully saturated rings. The number of fused-ring (bicyclic) bond motifs is 2. The van der Waals surface area contributed by atoms with Crippen LogP contribution >= 0.6 is 0 Å². The Morgan fingerprint density at radius 2 is 0.907 bits per heavy atom. The summed E-state index contributed by atoms with van der Waals surface area (Å²) in [5, 5.41) is 32.6. The van der Waals surface area contributed by atoms with Gasteiger partial charge in [0.25, 0.3) is 32.1 Å². The predicted octanol–water partition coefficient (Wildman–Crippen LogP) is 6.66. The molecule has 0 bridgehead atoms. The van der Waals surface area contributed by atoms with Crippen LogP contribution in [0.5, 0.6) is 11.5 Å². The van der Waals surface area contributed by atoms with Crippen LogP contribution in [0.4, 0.5) is 27.5 Å². The molecule has 0 heterocycles. The fraction of sp³-hybridized carbons (Fsp3) is 0.0541. The molecule has 0 aliphatic rings. The van der Waals surface area contributed by atoms with E-state index in [0.717, 1.165) is 24.3 Å². The summed E-state index contributed by atoms with van der Waals surface area (Å²) in [5.41, 5.74) is 2.22. The van der Waals surface area contributed by atoms with E-state index in [0.29, 0.717) is 11.1 Å². The topological polar surface area (TPSA) is 249 Å². The Balaban J connectivity index is 1.18. The van der Waals surface area contributed by atoms with Crippen LogP contribution in [0.3, 0.4) is 0 Å². The minimum atomic E-state index is -4.60. The van der Waals surface area contributed by atoms with Crippen LogP contribution < -0.4 is 21.3 Å². The second kappa shape index (κ2) is 14.1. The largest absolute Gasteiger partial charge is 0.507 e. The fourth-order valence-electron chi connectivity index (χ4n) is 5.82. The first kappa shape index (κ1) is 37.2. The van der Waals surface area contributed by atoms with Gasteiger partial charge in [0, 0.05) is 45.4 Å². The van der Waals surface area contributed by atoms with Gasteiger partial charge in [-0.1, -0.05) is 36.4 Å². The minimum Gasteiger partial charge on any atom is -0.507 e. The molecule has 6 aromatic carbocycles. The lowest BCUT2D eigenvalue weighted by atomic mass is 10.0. The SMILES string of the molecule is Cc1ccc(NC(=O)Nc2ccc(C)c(C(=O)Nc3cccc4cc(S(=O)(=O)O)cc(O)c34)c2)cc1C(=O)Nc1cccc2cc(S(=O)(=O)O)cc(O)c12. The highest BCUT2D eigenvalue weighted by Crippen LogP contribution is 2.36. The van der Waals surface area contributed by atoms with Crippen LogP contribution in [0.2, 0.25) is 0 Å². The maximum Gasteiger partial charge on any atom is 0.323 e. The standard InChI is InChI=1S/C37H30N4O11S2/c1-19-9-11-23(15-27(19)35(44)40-29-7-3-5-21-13-25(53(47,48)49)17-31(42)33(21)29)38-37(46)39-24-12-10-20(2)28(16-24)36(45)41-30-8-4-6-22-14-26(54(50,51)52)18-32(43)34(22)30/h3-18,42-43H,1-2H3,(H,40,44)(H,41,45)(H2,38,39,46)(H,47,48,49)(H,50,51,52). The van der Waals surface area contributed by atoms with E-state index in [1.165, 1.54) is 48.5 Å². The van der Waals surface area contributed by atoms with Crippen molar-refractivity contribution in [2.45, 2.75) is 23.6 Å². The molecule has 0 saturated heterocycles. The number of aryl methyl sites for hydroxylation is 2. The van der Waals surface area contributed by atoms with Crippen molar-refractivity contribution < 1.29 is 50.5 Å². The Morgan fingerprint density at radius 3 is 1.28 bits per heavy atom. The first-order valence-electron chi connectivity index (χ1n) is 15.8. The van der Waals surface area contributed by atoms with Crippen molar-refractivity contribution >= 4 is 82.4 Å². The number of benzene rings is 6. The molecule has 0 aliphatic heterocycles. The molecule has 4 amide bonds. The normalized spacial score (nSPS) is 11.6. The molecule has 6 rings (SSSR count). The molecule has 6 aromatic rings. The van der Waals surface area contributed by atoms with E-state index in [4.69, 9.17) is 0 Å². The molecule has 0 aromatic heterocycles. The number of nitrogens with one attached hydrogen (secondary N) is 4. The summed E-state index contributed by atoms with van der Waals surface area (Å²) in [5.74, 6) is -2.17. The molecular formula is C37H30N4O11S2. The van der Waals surface area contributed by atoms with Crippen LogP contribution in [0, 0.1) is 13.8 Å². The molecule has 0 radical (unpaired) electrons. The monoisotopic (exact) mass is 770 g/mol. The van der Waals surface area contributed by atoms with Gasteiger partial charge in [0.2, 0.25) is 0 Å². The summed E-state index contributed by atoms with van der Waals surface area (Å²) in [4.78, 5) is 38.9. The highest BCUT2D eigenvalue weighted by atomic mass is 32.2. The number of anilines is 4. The average molecular weight is 771 g/mol. The van der Waals surface area contributed by atoms with E-state index in [9.17, 15) is 50.5 Å². The van der Waals surface area contributed by atoms with Crippen molar-refractivity contribution in [2.75, 3.05) is 21.3 Å². The van der Waals surface area contributed by atoms with Gasteiger partial charge in [-0.15, -0.1) is 0 Å². The van der Waals surface area contributed by atoms with Crippen LogP contribution in [-0.2, 0) is 20.2 Å². The number of phenols is 2. The van der Waals surface area contributed by atoms with Gasteiger partial charge in [-0.05, 0) is 84.3 Å². The molecule has 15 nitrogen and oxygen atoms in total. The number of carbonyl (C=O) groups excluding carboxylic acids is 3. The number of amides is 4. The van der Waals surface area contributed by atoms with Crippen LogP contribution in [0.25, 0.3) is 21.5 Å². The quantitative estimate of drug-likeness (QED) is 0.0760. The zero-order valence-electron chi connectivity index (χ0n) is 28.2. The summed E-state index contributed by atoms with van der Waals surface area (Å²) in [7, 11) is -9.20. The van der Waals surface area contributed by atoms with Gasteiger partial charge in [0.05, 0.1) is 21.2 Å². The average Bonchev–Trinajstić information content (AvgIpc) is 3.09. The maximum atomic E-state index is 13.4. The van der Waals surface area contributed by atoms with E-state index >= 15 is 0 Å². The Bertz CT molecular complexity index is 2600. The second-order valence-corrected chi connectivity index (χ2v) is 15.0. The number of hydrogen-bond acceptors (Lipinski definition) is 9. The first-order chi connectivity index (χ1) is 25.4. The Hall–Kier alpha value is -6.53. The number of carbonyl (C=O) groups is 3. The molecule has 276 valence electrons. The number of rotatable bonds is 8. The lowest BCUT2D eigenvalue weighted by Gasteiger charge is -2.15. The first-order valence-corrected chi connectivity index (χ1v) is 18.7. The summed E-state index contributed by atoms with van der Waals surface area (Å²) >= 11 is 0. The molecule has 0 saturated carbocycles. The smallest absolute Gasteiger partial charge is 0.323 e. The van der Waals surface area contributed by atoms with E-state index < -0.39 is 59.4 Å². The Labute approximate surface area is 307 Å². The molecule has 8 N–H and O–H groups in total. The van der Waals surface area contributed by atoms with Crippen molar-refractivity contribution in [3.8, 4) is 11.5 Å². The number of urea groups is 1. The van der Waals surface area contributed by atoms with Crippen LogP contribution in [0.15, 0.2) is 107 Å². The lowest BCUT2D eigenvalue weighted by Crippen LogP contribution is -2.21. The van der Waals surface area contributed by atoms with Gasteiger partial charge < -0.3 is 31.5 Å². The summed E-state index contributed by atoms with van der Waals surface area (Å²) in [6, 6.07) is 21.6. The fourth-order valence-corrected chi connectivity index (χ4v) is 6.90. The molecule has 17 heteroatoms. The predicted molar refractivity (Wildman–Crippen MR) is 202 cm³/mol. The van der Waals surface area contributed by atoms with E-state index in [1.54, 1.807) is 38.1 Å². The molecule has 0 atom stereocenters. The zero-order chi connectivity index (χ0) is 39.1. The Morgan fingerprint density at radius 1 is 0.519 bits per heavy atom. The number of hydrogen-bond donors (Lipinski definition) is 8. The highest BCUT2D eigenvalue weighted by molar-refractivity contribution is 7.86. The van der Waals surface area contributed by atoms with Crippen molar-refractivity contribution in [1.29, 1.82) is 0 Å². The highest BCUT2D eigenvalue weighted by Gasteiger charge is 2.20. The maximum absolute atomic E-state index is 13.4. The van der Waals surface area contributed by atoms with E-state index in [1.807, 2.05) is 0 Å². The van der Waals surface area contributed by atoms with Crippen molar-refractivity contribution in [3.63, 3.8) is 0 Å². The van der Waals surface area contributed by atoms with Gasteiger partial charge in [0.15, 0.2) is 0 Å². The summed E-state index contributed by atoms with van der Waals surface area (Å²) in [6.07, 6.45) is 0. The van der Waals surface area contributed by atoms with Crippen molar-refractivity contribution in [2.24, 2.45) is 0 Å². The van der Waals surface area contributed by atoms with Crippen LogP contribution in [0.1, 0.15) is 31.8 Å². The molecule has 0 unspecified atom stereocenters. The third-order valence-electron chi connectivity index (χ3n) is 8.43. The summed E-state index contributed by atoms with van der Waals surface area (Å²) < 4.78 is 65.3. The number of aromatic hydroxyl groups is 2. The second-order valence-electron chi connectivity index (χ2n) is 12.2. The lowest BCUT2D eigenvalue weighted by molar-refractivity contribution is 0.101. The van der Waals surface area contributed by atoms with Crippen LogP contribution in [-0.4, -0.2) is 54.0 Å². The number of phenolic OH excluding ortho intramolecular Hbond substituents is 2. The van der Waals surface area contributed by atoms with Gasteiger partial charge in [0.1, 0.15) is 11.5 Å². The molecule has 0 aliphatic carbocycles. The van der Waals surface area contributed by atoms with Gasteiger partial charge in [-0.25, -0.2) is 4.79 Å².